The Hall–Kier alpha value is -1.47. The fraction of sp³-hybridized carbons (Fsp3) is 0.125. The molecule has 3 heteroatoms. The van der Waals surface area contributed by atoms with Gasteiger partial charge in [0.05, 0.1) is 0 Å². The number of hydrogen-bond acceptors (Lipinski definition) is 1. The molecule has 0 aromatic heterocycles. The quantitative estimate of drug-likeness (QED) is 0.357. The van der Waals surface area contributed by atoms with Crippen molar-refractivity contribution in [1.29, 1.82) is 0 Å². The molecule has 1 rings (SSSR count). The van der Waals surface area contributed by atoms with E-state index in [2.05, 4.69) is 10.0 Å². The molecule has 1 aromatic carbocycles. The Balaban J connectivity index is 2.45. The summed E-state index contributed by atoms with van der Waals surface area (Å²) in [7, 11) is 0. The molecule has 0 amide bonds. The van der Waals surface area contributed by atoms with E-state index in [0.29, 0.717) is 6.54 Å². The van der Waals surface area contributed by atoms with Gasteiger partial charge in [0.2, 0.25) is 0 Å². The zero-order chi connectivity index (χ0) is 7.94. The van der Waals surface area contributed by atoms with Crippen LogP contribution in [0.2, 0.25) is 0 Å². The van der Waals surface area contributed by atoms with E-state index < -0.39 is 0 Å². The lowest BCUT2D eigenvalue weighted by Gasteiger charge is -1.93. The predicted molar refractivity (Wildman–Crippen MR) is 43.9 cm³/mol. The van der Waals surface area contributed by atoms with Gasteiger partial charge in [-0.2, -0.15) is 0 Å². The molecule has 0 atom stereocenters. The molecule has 11 heavy (non-hydrogen) atoms. The predicted octanol–water partition coefficient (Wildman–Crippen LogP) is 2.55. The summed E-state index contributed by atoms with van der Waals surface area (Å²) in [6.07, 6.45) is 1.87. The Morgan fingerprint density at radius 3 is 2.73 bits per heavy atom. The van der Waals surface area contributed by atoms with Crippen LogP contribution in [0.5, 0.6) is 0 Å². The summed E-state index contributed by atoms with van der Waals surface area (Å²) in [6.45, 7) is 0.417. The highest BCUT2D eigenvalue weighted by Crippen LogP contribution is 2.01. The zero-order valence-electron chi connectivity index (χ0n) is 6.01. The van der Waals surface area contributed by atoms with Crippen LogP contribution in [-0.4, -0.2) is 6.54 Å². The van der Waals surface area contributed by atoms with Gasteiger partial charge in [0, 0.05) is 11.5 Å². The maximum atomic E-state index is 7.98. The van der Waals surface area contributed by atoms with Crippen LogP contribution in [0.1, 0.15) is 5.56 Å². The lowest BCUT2D eigenvalue weighted by molar-refractivity contribution is 1.13. The molecule has 0 fully saturated rings. The van der Waals surface area contributed by atoms with E-state index in [1.165, 1.54) is 0 Å². The summed E-state index contributed by atoms with van der Waals surface area (Å²) in [5.41, 5.74) is 9.07. The van der Waals surface area contributed by atoms with E-state index in [1.54, 1.807) is 0 Å². The maximum Gasteiger partial charge on any atom is 0.0332 e. The molecular weight excluding hydrogens is 138 g/mol. The highest BCUT2D eigenvalue weighted by molar-refractivity contribution is 5.22. The van der Waals surface area contributed by atoms with Gasteiger partial charge in [0.1, 0.15) is 0 Å². The van der Waals surface area contributed by atoms with Gasteiger partial charge in [0.15, 0.2) is 0 Å². The standard InChI is InChI=1S/C8H8N3/c9-11-10-7-6-8-4-2-1-3-5-8/h1-6H,7H2. The minimum absolute atomic E-state index is 0.417. The zero-order valence-corrected chi connectivity index (χ0v) is 6.01. The van der Waals surface area contributed by atoms with Crippen molar-refractivity contribution in [1.82, 2.24) is 0 Å². The molecule has 0 aliphatic rings. The Kier molecular flexibility index (Phi) is 3.03. The second-order valence-corrected chi connectivity index (χ2v) is 2.03. The van der Waals surface area contributed by atoms with Gasteiger partial charge in [-0.3, -0.25) is 0 Å². The number of hydrogen-bond donors (Lipinski definition) is 0. The first-order valence-corrected chi connectivity index (χ1v) is 3.32. The third-order valence-electron chi connectivity index (χ3n) is 1.27. The Morgan fingerprint density at radius 2 is 2.09 bits per heavy atom. The van der Waals surface area contributed by atoms with Gasteiger partial charge in [-0.1, -0.05) is 35.4 Å². The number of nitrogens with zero attached hydrogens (tertiary/aromatic N) is 3. The molecule has 55 valence electrons. The second kappa shape index (κ2) is 4.36. The number of azide groups is 1. The summed E-state index contributed by atoms with van der Waals surface area (Å²) in [5, 5.41) is 3.39. The monoisotopic (exact) mass is 146 g/mol. The minimum atomic E-state index is 0.417. The third kappa shape index (κ3) is 2.74. The average molecular weight is 146 g/mol. The van der Waals surface area contributed by atoms with E-state index in [9.17, 15) is 0 Å². The van der Waals surface area contributed by atoms with Crippen molar-refractivity contribution in [2.75, 3.05) is 6.54 Å². The maximum absolute atomic E-state index is 7.98. The van der Waals surface area contributed by atoms with Crippen LogP contribution in [0.15, 0.2) is 35.4 Å². The van der Waals surface area contributed by atoms with Crippen molar-refractivity contribution < 1.29 is 0 Å². The van der Waals surface area contributed by atoms with Gasteiger partial charge in [-0.15, -0.1) is 0 Å². The third-order valence-corrected chi connectivity index (χ3v) is 1.27. The molecule has 0 bridgehead atoms. The molecule has 1 aromatic rings. The van der Waals surface area contributed by atoms with Crippen molar-refractivity contribution >= 4 is 0 Å². The summed E-state index contributed by atoms with van der Waals surface area (Å²) in [4.78, 5) is 2.64. The molecular formula is C8H8N3. The van der Waals surface area contributed by atoms with Gasteiger partial charge in [-0.05, 0) is 17.5 Å². The smallest absolute Gasteiger partial charge is 0.0332 e. The van der Waals surface area contributed by atoms with E-state index in [4.69, 9.17) is 5.53 Å². The van der Waals surface area contributed by atoms with Gasteiger partial charge in [-0.25, -0.2) is 0 Å². The fourth-order valence-electron chi connectivity index (χ4n) is 0.772. The lowest BCUT2D eigenvalue weighted by atomic mass is 10.2. The Bertz CT molecular complexity index is 249. The van der Waals surface area contributed by atoms with E-state index in [0.717, 1.165) is 5.56 Å². The van der Waals surface area contributed by atoms with Crippen LogP contribution in [0.4, 0.5) is 0 Å². The first kappa shape index (κ1) is 7.63. The highest BCUT2D eigenvalue weighted by atomic mass is 15.1. The molecule has 0 saturated carbocycles. The van der Waals surface area contributed by atoms with E-state index >= 15 is 0 Å². The average Bonchev–Trinajstić information content (AvgIpc) is 2.07. The molecule has 0 saturated heterocycles. The van der Waals surface area contributed by atoms with Gasteiger partial charge >= 0.3 is 0 Å². The first-order chi connectivity index (χ1) is 5.43. The Labute approximate surface area is 65.3 Å². The molecule has 0 aliphatic heterocycles. The van der Waals surface area contributed by atoms with Crippen LogP contribution in [0, 0.1) is 6.42 Å². The van der Waals surface area contributed by atoms with Crippen LogP contribution in [0.3, 0.4) is 0 Å². The second-order valence-electron chi connectivity index (χ2n) is 2.03. The molecule has 0 spiro atoms. The van der Waals surface area contributed by atoms with E-state index in [1.807, 2.05) is 36.8 Å². The first-order valence-electron chi connectivity index (χ1n) is 3.32. The lowest BCUT2D eigenvalue weighted by Crippen LogP contribution is -1.82. The normalized spacial score (nSPS) is 8.73. The van der Waals surface area contributed by atoms with Crippen molar-refractivity contribution in [2.45, 2.75) is 0 Å². The number of rotatable bonds is 3. The van der Waals surface area contributed by atoms with Gasteiger partial charge in [0.25, 0.3) is 0 Å². The Morgan fingerprint density at radius 1 is 1.36 bits per heavy atom. The van der Waals surface area contributed by atoms with Gasteiger partial charge < -0.3 is 0 Å². The van der Waals surface area contributed by atoms with Crippen molar-refractivity contribution in [2.24, 2.45) is 5.11 Å². The van der Waals surface area contributed by atoms with Crippen molar-refractivity contribution in [3.63, 3.8) is 0 Å². The molecule has 0 unspecified atom stereocenters. The highest BCUT2D eigenvalue weighted by Gasteiger charge is 1.87. The summed E-state index contributed by atoms with van der Waals surface area (Å²) < 4.78 is 0. The van der Waals surface area contributed by atoms with Crippen molar-refractivity contribution in [3.8, 4) is 0 Å². The summed E-state index contributed by atoms with van der Waals surface area (Å²) in [5.74, 6) is 0. The molecule has 1 radical (unpaired) electrons. The summed E-state index contributed by atoms with van der Waals surface area (Å²) >= 11 is 0. The molecule has 3 nitrogen and oxygen atoms in total. The SMILES string of the molecule is [N-]=[N+]=NC[CH]c1ccccc1. The van der Waals surface area contributed by atoms with E-state index in [-0.39, 0.29) is 0 Å². The minimum Gasteiger partial charge on any atom is -0.0933 e. The molecule has 0 N–H and O–H groups in total. The molecule has 0 heterocycles. The summed E-state index contributed by atoms with van der Waals surface area (Å²) in [6, 6.07) is 9.77. The van der Waals surface area contributed by atoms with Crippen molar-refractivity contribution in [3.05, 3.63) is 52.8 Å². The largest absolute Gasteiger partial charge is 0.0933 e. The fourth-order valence-corrected chi connectivity index (χ4v) is 0.772. The topological polar surface area (TPSA) is 48.8 Å². The van der Waals surface area contributed by atoms with Crippen LogP contribution in [-0.2, 0) is 0 Å². The van der Waals surface area contributed by atoms with Crippen LogP contribution < -0.4 is 0 Å². The molecule has 0 aliphatic carbocycles. The number of benzene rings is 1. The van der Waals surface area contributed by atoms with Crippen LogP contribution >= 0.6 is 0 Å². The van der Waals surface area contributed by atoms with Crippen LogP contribution in [0.25, 0.3) is 10.4 Å².